The van der Waals surface area contributed by atoms with Gasteiger partial charge in [-0.3, -0.25) is 4.21 Å². The van der Waals surface area contributed by atoms with E-state index in [4.69, 9.17) is 0 Å². The Bertz CT molecular complexity index is 480. The van der Waals surface area contributed by atoms with Crippen LogP contribution in [0.5, 0.6) is 0 Å². The predicted molar refractivity (Wildman–Crippen MR) is 86.3 cm³/mol. The van der Waals surface area contributed by atoms with Crippen LogP contribution in [0.4, 0.5) is 4.39 Å². The van der Waals surface area contributed by atoms with Gasteiger partial charge in [0.1, 0.15) is 5.82 Å². The average molecular weight is 311 g/mol. The molecule has 1 aliphatic carbocycles. The Morgan fingerprint density at radius 3 is 2.71 bits per heavy atom. The molecule has 0 saturated heterocycles. The number of hydrogen-bond acceptors (Lipinski definition) is 2. The molecule has 4 heteroatoms. The predicted octanol–water partition coefficient (Wildman–Crippen LogP) is 3.88. The van der Waals surface area contributed by atoms with Crippen molar-refractivity contribution < 1.29 is 8.60 Å². The van der Waals surface area contributed by atoms with Crippen LogP contribution < -0.4 is 5.32 Å². The first-order valence-electron chi connectivity index (χ1n) is 8.05. The summed E-state index contributed by atoms with van der Waals surface area (Å²) in [5.74, 6) is 0.286. The maximum absolute atomic E-state index is 13.9. The van der Waals surface area contributed by atoms with Gasteiger partial charge in [-0.1, -0.05) is 38.8 Å². The van der Waals surface area contributed by atoms with E-state index in [1.165, 1.54) is 18.9 Å². The first-order valence-corrected chi connectivity index (χ1v) is 9.27. The lowest BCUT2D eigenvalue weighted by Gasteiger charge is -2.36. The molecule has 1 aliphatic rings. The molecule has 118 valence electrons. The molecule has 0 aliphatic heterocycles. The van der Waals surface area contributed by atoms with E-state index in [1.807, 2.05) is 0 Å². The minimum atomic E-state index is -1.27. The number of benzene rings is 1. The Labute approximate surface area is 130 Å². The molecule has 0 amide bonds. The van der Waals surface area contributed by atoms with Crippen LogP contribution in [0.15, 0.2) is 29.2 Å². The Kier molecular flexibility index (Phi) is 6.37. The smallest absolute Gasteiger partial charge is 0.139 e. The molecule has 4 atom stereocenters. The van der Waals surface area contributed by atoms with Crippen molar-refractivity contribution in [3.05, 3.63) is 30.1 Å². The van der Waals surface area contributed by atoms with Gasteiger partial charge in [0.2, 0.25) is 0 Å². The number of rotatable bonds is 6. The Morgan fingerprint density at radius 1 is 1.29 bits per heavy atom. The van der Waals surface area contributed by atoms with Crippen LogP contribution in [0.3, 0.4) is 0 Å². The van der Waals surface area contributed by atoms with Crippen molar-refractivity contribution in [2.45, 2.75) is 62.1 Å². The third-order valence-corrected chi connectivity index (χ3v) is 6.23. The highest BCUT2D eigenvalue weighted by Crippen LogP contribution is 2.33. The first kappa shape index (κ1) is 16.6. The molecule has 0 spiro atoms. The summed E-state index contributed by atoms with van der Waals surface area (Å²) in [6.07, 6.45) is 5.52. The summed E-state index contributed by atoms with van der Waals surface area (Å²) in [4.78, 5) is 0.363. The van der Waals surface area contributed by atoms with Gasteiger partial charge in [0.25, 0.3) is 0 Å². The zero-order valence-electron chi connectivity index (χ0n) is 13.0. The largest absolute Gasteiger partial charge is 0.313 e. The fourth-order valence-corrected chi connectivity index (χ4v) is 5.16. The van der Waals surface area contributed by atoms with E-state index in [2.05, 4.69) is 19.2 Å². The zero-order chi connectivity index (χ0) is 15.2. The van der Waals surface area contributed by atoms with Crippen LogP contribution in [0, 0.1) is 11.7 Å². The highest BCUT2D eigenvalue weighted by Gasteiger charge is 2.34. The molecular weight excluding hydrogens is 285 g/mol. The lowest BCUT2D eigenvalue weighted by molar-refractivity contribution is 0.286. The Morgan fingerprint density at radius 2 is 2.05 bits per heavy atom. The molecule has 1 fully saturated rings. The molecule has 0 aromatic heterocycles. The van der Waals surface area contributed by atoms with Crippen LogP contribution in [0.2, 0.25) is 0 Å². The van der Waals surface area contributed by atoms with Crippen LogP contribution >= 0.6 is 0 Å². The van der Waals surface area contributed by atoms with Gasteiger partial charge in [0.05, 0.1) is 20.9 Å². The van der Waals surface area contributed by atoms with Gasteiger partial charge in [0, 0.05) is 6.04 Å². The summed E-state index contributed by atoms with van der Waals surface area (Å²) in [5, 5.41) is 3.47. The molecule has 0 radical (unpaired) electrons. The minimum Gasteiger partial charge on any atom is -0.313 e. The zero-order valence-corrected chi connectivity index (χ0v) is 13.8. The van der Waals surface area contributed by atoms with Crippen LogP contribution in [0.25, 0.3) is 0 Å². The summed E-state index contributed by atoms with van der Waals surface area (Å²) in [6.45, 7) is 5.13. The SMILES string of the molecule is CCCC1CCC(NCC)C(S(=O)c2ccccc2F)C1. The maximum Gasteiger partial charge on any atom is 0.139 e. The standard InChI is InChI=1S/C17H26FNOS/c1-3-7-13-10-11-15(19-4-2)17(12-13)21(20)16-9-6-5-8-14(16)18/h5-6,8-9,13,15,17,19H,3-4,7,10-12H2,1-2H3. The van der Waals surface area contributed by atoms with Gasteiger partial charge in [-0.25, -0.2) is 4.39 Å². The van der Waals surface area contributed by atoms with E-state index >= 15 is 0 Å². The van der Waals surface area contributed by atoms with Gasteiger partial charge < -0.3 is 5.32 Å². The molecule has 2 nitrogen and oxygen atoms in total. The maximum atomic E-state index is 13.9. The van der Waals surface area contributed by atoms with E-state index in [0.717, 1.165) is 25.8 Å². The second kappa shape index (κ2) is 8.04. The minimum absolute atomic E-state index is 0.0205. The molecule has 1 saturated carbocycles. The first-order chi connectivity index (χ1) is 10.2. The van der Waals surface area contributed by atoms with Crippen molar-refractivity contribution in [1.82, 2.24) is 5.32 Å². The number of nitrogens with one attached hydrogen (secondary N) is 1. The van der Waals surface area contributed by atoms with Gasteiger partial charge in [0.15, 0.2) is 0 Å². The summed E-state index contributed by atoms with van der Waals surface area (Å²) >= 11 is 0. The third-order valence-electron chi connectivity index (χ3n) is 4.39. The topological polar surface area (TPSA) is 29.1 Å². The van der Waals surface area contributed by atoms with Crippen LogP contribution in [-0.2, 0) is 10.8 Å². The van der Waals surface area contributed by atoms with Crippen molar-refractivity contribution in [2.24, 2.45) is 5.92 Å². The monoisotopic (exact) mass is 311 g/mol. The lowest BCUT2D eigenvalue weighted by Crippen LogP contribution is -2.46. The third kappa shape index (κ3) is 4.13. The Hall–Kier alpha value is -0.740. The summed E-state index contributed by atoms with van der Waals surface area (Å²) in [5.41, 5.74) is 0. The van der Waals surface area contributed by atoms with E-state index in [1.54, 1.807) is 18.2 Å². The lowest BCUT2D eigenvalue weighted by atomic mass is 9.83. The molecule has 2 rings (SSSR count). The van der Waals surface area contributed by atoms with Gasteiger partial charge in [-0.05, 0) is 43.9 Å². The molecule has 21 heavy (non-hydrogen) atoms. The number of halogens is 1. The normalized spacial score (nSPS) is 27.5. The van der Waals surface area contributed by atoms with E-state index in [-0.39, 0.29) is 17.1 Å². The highest BCUT2D eigenvalue weighted by molar-refractivity contribution is 7.85. The number of hydrogen-bond donors (Lipinski definition) is 1. The van der Waals surface area contributed by atoms with Gasteiger partial charge in [-0.15, -0.1) is 0 Å². The van der Waals surface area contributed by atoms with Gasteiger partial charge in [-0.2, -0.15) is 0 Å². The van der Waals surface area contributed by atoms with Crippen LogP contribution in [0.1, 0.15) is 46.0 Å². The second-order valence-electron chi connectivity index (χ2n) is 5.90. The van der Waals surface area contributed by atoms with Crippen molar-refractivity contribution in [3.63, 3.8) is 0 Å². The summed E-state index contributed by atoms with van der Waals surface area (Å²) in [6, 6.07) is 6.73. The van der Waals surface area contributed by atoms with Crippen molar-refractivity contribution >= 4 is 10.8 Å². The summed E-state index contributed by atoms with van der Waals surface area (Å²) in [7, 11) is -1.27. The fourth-order valence-electron chi connectivity index (χ4n) is 3.39. The fraction of sp³-hybridized carbons (Fsp3) is 0.647. The van der Waals surface area contributed by atoms with Gasteiger partial charge >= 0.3 is 0 Å². The molecule has 1 aromatic rings. The molecule has 1 N–H and O–H groups in total. The molecule has 0 heterocycles. The second-order valence-corrected chi connectivity index (χ2v) is 7.54. The van der Waals surface area contributed by atoms with Crippen molar-refractivity contribution in [1.29, 1.82) is 0 Å². The van der Waals surface area contributed by atoms with E-state index in [9.17, 15) is 8.60 Å². The molecule has 0 bridgehead atoms. The quantitative estimate of drug-likeness (QED) is 0.864. The van der Waals surface area contributed by atoms with Crippen LogP contribution in [-0.4, -0.2) is 22.0 Å². The molecule has 1 aromatic carbocycles. The van der Waals surface area contributed by atoms with Crippen molar-refractivity contribution in [3.8, 4) is 0 Å². The molecule has 4 unspecified atom stereocenters. The Balaban J connectivity index is 2.18. The van der Waals surface area contributed by atoms with E-state index < -0.39 is 10.8 Å². The molecular formula is C17H26FNOS. The summed E-state index contributed by atoms with van der Waals surface area (Å²) < 4.78 is 26.8. The van der Waals surface area contributed by atoms with E-state index in [0.29, 0.717) is 10.8 Å². The average Bonchev–Trinajstić information content (AvgIpc) is 2.49. The highest BCUT2D eigenvalue weighted by atomic mass is 32.2. The van der Waals surface area contributed by atoms with Crippen molar-refractivity contribution in [2.75, 3.05) is 6.54 Å².